The number of rotatable bonds is 4. The standard InChI is InChI=1S/C12H15NO3S/c1-9-10(6-4-8-17(14,15)16)11-5-2-3-7-12(11)13-9/h2-3,5,7,13H,4,6,8H2,1H3,(H,14,15,16). The third-order valence-electron chi connectivity index (χ3n) is 2.86. The van der Waals surface area contributed by atoms with Gasteiger partial charge in [-0.2, -0.15) is 8.42 Å². The van der Waals surface area contributed by atoms with Crippen LogP contribution in [0.2, 0.25) is 0 Å². The number of nitrogens with one attached hydrogen (secondary N) is 1. The number of aromatic amines is 1. The molecule has 1 heterocycles. The molecule has 4 nitrogen and oxygen atoms in total. The van der Waals surface area contributed by atoms with E-state index in [1.54, 1.807) is 0 Å². The van der Waals surface area contributed by atoms with Gasteiger partial charge in [0.15, 0.2) is 0 Å². The Morgan fingerprint density at radius 3 is 2.71 bits per heavy atom. The molecule has 17 heavy (non-hydrogen) atoms. The average molecular weight is 253 g/mol. The summed E-state index contributed by atoms with van der Waals surface area (Å²) < 4.78 is 30.0. The van der Waals surface area contributed by atoms with Crippen LogP contribution < -0.4 is 0 Å². The van der Waals surface area contributed by atoms with Crippen LogP contribution in [0.3, 0.4) is 0 Å². The van der Waals surface area contributed by atoms with Crippen molar-refractivity contribution in [2.45, 2.75) is 19.8 Å². The lowest BCUT2D eigenvalue weighted by Crippen LogP contribution is -2.05. The molecule has 0 bridgehead atoms. The maximum atomic E-state index is 10.7. The Bertz CT molecular complexity index is 628. The number of fused-ring (bicyclic) bond motifs is 1. The predicted molar refractivity (Wildman–Crippen MR) is 67.8 cm³/mol. The topological polar surface area (TPSA) is 70.2 Å². The lowest BCUT2D eigenvalue weighted by molar-refractivity contribution is 0.481. The van der Waals surface area contributed by atoms with Gasteiger partial charge in [0, 0.05) is 16.6 Å². The fourth-order valence-corrected chi connectivity index (χ4v) is 2.60. The van der Waals surface area contributed by atoms with Gasteiger partial charge in [-0.15, -0.1) is 0 Å². The quantitative estimate of drug-likeness (QED) is 0.821. The summed E-state index contributed by atoms with van der Waals surface area (Å²) in [5.74, 6) is -0.189. The molecule has 2 aromatic rings. The van der Waals surface area contributed by atoms with E-state index in [2.05, 4.69) is 4.98 Å². The normalized spacial score (nSPS) is 12.1. The molecule has 0 aliphatic carbocycles. The second kappa shape index (κ2) is 4.50. The van der Waals surface area contributed by atoms with Gasteiger partial charge in [-0.3, -0.25) is 4.55 Å². The molecule has 0 aliphatic rings. The van der Waals surface area contributed by atoms with Gasteiger partial charge in [-0.25, -0.2) is 0 Å². The first-order valence-electron chi connectivity index (χ1n) is 5.49. The van der Waals surface area contributed by atoms with Gasteiger partial charge in [0.1, 0.15) is 0 Å². The van der Waals surface area contributed by atoms with Gasteiger partial charge in [-0.1, -0.05) is 18.2 Å². The van der Waals surface area contributed by atoms with Crippen molar-refractivity contribution in [2.24, 2.45) is 0 Å². The van der Waals surface area contributed by atoms with Crippen molar-refractivity contribution in [3.05, 3.63) is 35.5 Å². The molecule has 2 rings (SSSR count). The first-order valence-corrected chi connectivity index (χ1v) is 7.09. The molecule has 0 atom stereocenters. The zero-order chi connectivity index (χ0) is 12.5. The van der Waals surface area contributed by atoms with Crippen molar-refractivity contribution in [3.8, 4) is 0 Å². The SMILES string of the molecule is Cc1[nH]c2ccccc2c1CCCS(=O)(=O)O. The largest absolute Gasteiger partial charge is 0.358 e. The highest BCUT2D eigenvalue weighted by atomic mass is 32.2. The van der Waals surface area contributed by atoms with E-state index in [9.17, 15) is 8.42 Å². The van der Waals surface area contributed by atoms with E-state index in [-0.39, 0.29) is 5.75 Å². The smallest absolute Gasteiger partial charge is 0.264 e. The number of aryl methyl sites for hydroxylation is 2. The molecule has 0 aliphatic heterocycles. The van der Waals surface area contributed by atoms with Crippen LogP contribution in [0.4, 0.5) is 0 Å². The molecule has 0 saturated carbocycles. The maximum absolute atomic E-state index is 10.7. The summed E-state index contributed by atoms with van der Waals surface area (Å²) in [6.07, 6.45) is 1.08. The molecule has 1 aromatic carbocycles. The Labute approximate surface area is 100 Å². The first-order chi connectivity index (χ1) is 7.97. The molecule has 1 aromatic heterocycles. The van der Waals surface area contributed by atoms with E-state index in [0.717, 1.165) is 22.2 Å². The molecule has 0 unspecified atom stereocenters. The third-order valence-corrected chi connectivity index (χ3v) is 3.66. The van der Waals surface area contributed by atoms with Crippen LogP contribution in [0.15, 0.2) is 24.3 Å². The van der Waals surface area contributed by atoms with Crippen LogP contribution in [-0.2, 0) is 16.5 Å². The highest BCUT2D eigenvalue weighted by Crippen LogP contribution is 2.23. The van der Waals surface area contributed by atoms with Crippen molar-refractivity contribution in [3.63, 3.8) is 0 Å². The summed E-state index contributed by atoms with van der Waals surface area (Å²) in [5.41, 5.74) is 3.25. The zero-order valence-electron chi connectivity index (χ0n) is 9.60. The van der Waals surface area contributed by atoms with Crippen molar-refractivity contribution in [1.29, 1.82) is 0 Å². The van der Waals surface area contributed by atoms with Crippen LogP contribution in [0.25, 0.3) is 10.9 Å². The second-order valence-corrected chi connectivity index (χ2v) is 5.74. The second-order valence-electron chi connectivity index (χ2n) is 4.16. The van der Waals surface area contributed by atoms with Crippen LogP contribution in [0.1, 0.15) is 17.7 Å². The van der Waals surface area contributed by atoms with E-state index < -0.39 is 10.1 Å². The number of hydrogen-bond acceptors (Lipinski definition) is 2. The minimum absolute atomic E-state index is 0.189. The van der Waals surface area contributed by atoms with Crippen molar-refractivity contribution < 1.29 is 13.0 Å². The van der Waals surface area contributed by atoms with E-state index >= 15 is 0 Å². The summed E-state index contributed by atoms with van der Waals surface area (Å²) in [4.78, 5) is 3.26. The minimum atomic E-state index is -3.85. The summed E-state index contributed by atoms with van der Waals surface area (Å²) in [6, 6.07) is 7.93. The lowest BCUT2D eigenvalue weighted by Gasteiger charge is -2.00. The Morgan fingerprint density at radius 1 is 1.29 bits per heavy atom. The summed E-state index contributed by atoms with van der Waals surface area (Å²) in [5, 5.41) is 1.13. The summed E-state index contributed by atoms with van der Waals surface area (Å²) in [6.45, 7) is 1.97. The van der Waals surface area contributed by atoms with Crippen molar-refractivity contribution in [1.82, 2.24) is 4.98 Å². The molecule has 92 valence electrons. The third kappa shape index (κ3) is 2.87. The Hall–Kier alpha value is -1.33. The van der Waals surface area contributed by atoms with Gasteiger partial charge in [0.05, 0.1) is 5.75 Å². The van der Waals surface area contributed by atoms with Gasteiger partial charge in [0.25, 0.3) is 10.1 Å². The minimum Gasteiger partial charge on any atom is -0.358 e. The van der Waals surface area contributed by atoms with Crippen LogP contribution in [0.5, 0.6) is 0 Å². The molecule has 0 fully saturated rings. The Morgan fingerprint density at radius 2 is 2.00 bits per heavy atom. The number of hydrogen-bond donors (Lipinski definition) is 2. The van der Waals surface area contributed by atoms with E-state index in [4.69, 9.17) is 4.55 Å². The van der Waals surface area contributed by atoms with Gasteiger partial charge in [-0.05, 0) is 31.4 Å². The molecular formula is C12H15NO3S. The first kappa shape index (κ1) is 12.1. The van der Waals surface area contributed by atoms with Crippen LogP contribution in [-0.4, -0.2) is 23.7 Å². The molecule has 0 radical (unpaired) electrons. The zero-order valence-corrected chi connectivity index (χ0v) is 10.4. The highest BCUT2D eigenvalue weighted by molar-refractivity contribution is 7.85. The number of para-hydroxylation sites is 1. The summed E-state index contributed by atoms with van der Waals surface area (Å²) >= 11 is 0. The number of H-pyrrole nitrogens is 1. The molecule has 0 amide bonds. The summed E-state index contributed by atoms with van der Waals surface area (Å²) in [7, 11) is -3.85. The monoisotopic (exact) mass is 253 g/mol. The highest BCUT2D eigenvalue weighted by Gasteiger charge is 2.09. The van der Waals surface area contributed by atoms with Crippen LogP contribution >= 0.6 is 0 Å². The van der Waals surface area contributed by atoms with Crippen molar-refractivity contribution in [2.75, 3.05) is 5.75 Å². The van der Waals surface area contributed by atoms with Crippen molar-refractivity contribution >= 4 is 21.0 Å². The van der Waals surface area contributed by atoms with E-state index in [1.165, 1.54) is 0 Å². The maximum Gasteiger partial charge on any atom is 0.264 e. The van der Waals surface area contributed by atoms with Gasteiger partial charge < -0.3 is 4.98 Å². The molecule has 2 N–H and O–H groups in total. The lowest BCUT2D eigenvalue weighted by atomic mass is 10.1. The number of aromatic nitrogens is 1. The fourth-order valence-electron chi connectivity index (χ4n) is 2.09. The van der Waals surface area contributed by atoms with E-state index in [0.29, 0.717) is 12.8 Å². The predicted octanol–water partition coefficient (Wildman–Crippen LogP) is 2.30. The Balaban J connectivity index is 2.21. The molecule has 5 heteroatoms. The Kier molecular flexibility index (Phi) is 3.22. The van der Waals surface area contributed by atoms with E-state index in [1.807, 2.05) is 31.2 Å². The molecule has 0 saturated heterocycles. The fraction of sp³-hybridized carbons (Fsp3) is 0.333. The van der Waals surface area contributed by atoms with Gasteiger partial charge >= 0.3 is 0 Å². The van der Waals surface area contributed by atoms with Crippen LogP contribution in [0, 0.1) is 6.92 Å². The van der Waals surface area contributed by atoms with Gasteiger partial charge in [0.2, 0.25) is 0 Å². The molecule has 0 spiro atoms. The number of benzene rings is 1. The molecular weight excluding hydrogens is 238 g/mol. The average Bonchev–Trinajstić information content (AvgIpc) is 2.54.